The summed E-state index contributed by atoms with van der Waals surface area (Å²) in [5.41, 5.74) is 4.43. The summed E-state index contributed by atoms with van der Waals surface area (Å²) in [6, 6.07) is 23.7. The molecule has 0 saturated heterocycles. The first-order chi connectivity index (χ1) is 18.9. The smallest absolute Gasteiger partial charge is 0.240 e. The Kier molecular flexibility index (Phi) is 7.62. The second kappa shape index (κ2) is 11.4. The van der Waals surface area contributed by atoms with Crippen molar-refractivity contribution in [1.29, 1.82) is 0 Å². The number of benzene rings is 3. The van der Waals surface area contributed by atoms with E-state index < -0.39 is 10.0 Å². The van der Waals surface area contributed by atoms with Crippen LogP contribution in [0.5, 0.6) is 11.5 Å². The van der Waals surface area contributed by atoms with Crippen LogP contribution >= 0.6 is 0 Å². The van der Waals surface area contributed by atoms with E-state index in [9.17, 15) is 8.42 Å². The Labute approximate surface area is 227 Å². The van der Waals surface area contributed by atoms with E-state index >= 15 is 0 Å². The van der Waals surface area contributed by atoms with Crippen molar-refractivity contribution < 1.29 is 13.2 Å². The van der Waals surface area contributed by atoms with Gasteiger partial charge in [-0.1, -0.05) is 36.4 Å². The summed E-state index contributed by atoms with van der Waals surface area (Å²) in [5, 5.41) is 4.23. The summed E-state index contributed by atoms with van der Waals surface area (Å²) in [7, 11) is -3.56. The molecular formula is C30H27N5O3S. The molecule has 0 aliphatic carbocycles. The number of anilines is 2. The molecule has 2 heterocycles. The van der Waals surface area contributed by atoms with Crippen molar-refractivity contribution in [2.45, 2.75) is 18.7 Å². The van der Waals surface area contributed by atoms with Gasteiger partial charge in [0, 0.05) is 23.3 Å². The van der Waals surface area contributed by atoms with E-state index in [0.717, 1.165) is 39.2 Å². The van der Waals surface area contributed by atoms with Crippen LogP contribution < -0.4 is 14.8 Å². The van der Waals surface area contributed by atoms with Gasteiger partial charge in [-0.05, 0) is 79.6 Å². The van der Waals surface area contributed by atoms with Crippen LogP contribution in [0.4, 0.5) is 11.5 Å². The van der Waals surface area contributed by atoms with E-state index in [4.69, 9.17) is 4.74 Å². The Bertz CT molecular complexity index is 1740. The lowest BCUT2D eigenvalue weighted by molar-refractivity contribution is 0.476. The second-order valence-corrected chi connectivity index (χ2v) is 10.7. The second-order valence-electron chi connectivity index (χ2n) is 8.91. The molecule has 5 rings (SSSR count). The third-order valence-corrected chi connectivity index (χ3v) is 7.40. The van der Waals surface area contributed by atoms with Gasteiger partial charge in [0.05, 0.1) is 16.6 Å². The maximum atomic E-state index is 12.4. The van der Waals surface area contributed by atoms with E-state index in [1.54, 1.807) is 42.6 Å². The highest BCUT2D eigenvalue weighted by Crippen LogP contribution is 2.30. The highest BCUT2D eigenvalue weighted by molar-refractivity contribution is 7.89. The number of sulfonamides is 1. The van der Waals surface area contributed by atoms with Crippen molar-refractivity contribution in [2.75, 3.05) is 11.9 Å². The van der Waals surface area contributed by atoms with Gasteiger partial charge in [-0.3, -0.25) is 4.98 Å². The first kappa shape index (κ1) is 26.0. The summed E-state index contributed by atoms with van der Waals surface area (Å²) in [6.45, 7) is 4.08. The molecule has 8 nitrogen and oxygen atoms in total. The number of fused-ring (bicyclic) bond motifs is 1. The quantitative estimate of drug-likeness (QED) is 0.232. The predicted octanol–water partition coefficient (Wildman–Crippen LogP) is 6.17. The summed E-state index contributed by atoms with van der Waals surface area (Å²) in [5.74, 6) is 2.09. The Morgan fingerprint density at radius 1 is 0.897 bits per heavy atom. The van der Waals surface area contributed by atoms with Gasteiger partial charge in [-0.15, -0.1) is 0 Å². The lowest BCUT2D eigenvalue weighted by Gasteiger charge is -2.12. The molecule has 0 spiro atoms. The van der Waals surface area contributed by atoms with Crippen molar-refractivity contribution in [3.05, 3.63) is 114 Å². The van der Waals surface area contributed by atoms with Gasteiger partial charge in [0.15, 0.2) is 0 Å². The normalized spacial score (nSPS) is 11.6. The number of aryl methyl sites for hydroxylation is 2. The highest BCUT2D eigenvalue weighted by Gasteiger charge is 2.11. The Morgan fingerprint density at radius 2 is 1.74 bits per heavy atom. The van der Waals surface area contributed by atoms with Crippen LogP contribution in [0.25, 0.3) is 17.0 Å². The molecule has 0 aliphatic heterocycles. The molecule has 0 atom stereocenters. The van der Waals surface area contributed by atoms with Gasteiger partial charge in [0.25, 0.3) is 0 Å². The van der Waals surface area contributed by atoms with Crippen LogP contribution in [0.2, 0.25) is 0 Å². The van der Waals surface area contributed by atoms with E-state index in [1.807, 2.05) is 68.5 Å². The van der Waals surface area contributed by atoms with Crippen molar-refractivity contribution in [1.82, 2.24) is 19.7 Å². The van der Waals surface area contributed by atoms with Gasteiger partial charge in [-0.2, -0.15) is 0 Å². The minimum atomic E-state index is -3.56. The molecule has 5 aromatic rings. The first-order valence-electron chi connectivity index (χ1n) is 12.3. The van der Waals surface area contributed by atoms with Gasteiger partial charge >= 0.3 is 0 Å². The molecule has 2 aromatic heterocycles. The van der Waals surface area contributed by atoms with Gasteiger partial charge in [0.1, 0.15) is 23.6 Å². The third-order valence-electron chi connectivity index (χ3n) is 5.96. The lowest BCUT2D eigenvalue weighted by atomic mass is 10.1. The van der Waals surface area contributed by atoms with E-state index in [2.05, 4.69) is 25.0 Å². The van der Waals surface area contributed by atoms with Crippen LogP contribution in [0.3, 0.4) is 0 Å². The van der Waals surface area contributed by atoms with E-state index in [-0.39, 0.29) is 11.4 Å². The number of pyridine rings is 1. The summed E-state index contributed by atoms with van der Waals surface area (Å²) in [4.78, 5) is 13.3. The van der Waals surface area contributed by atoms with Crippen molar-refractivity contribution in [3.8, 4) is 11.5 Å². The Morgan fingerprint density at radius 3 is 2.51 bits per heavy atom. The maximum absolute atomic E-state index is 12.4. The minimum Gasteiger partial charge on any atom is -0.455 e. The van der Waals surface area contributed by atoms with Crippen molar-refractivity contribution in [3.63, 3.8) is 0 Å². The van der Waals surface area contributed by atoms with Gasteiger partial charge in [-0.25, -0.2) is 23.1 Å². The third kappa shape index (κ3) is 6.46. The number of ether oxygens (including phenoxy) is 1. The highest BCUT2D eigenvalue weighted by atomic mass is 32.2. The zero-order valence-electron chi connectivity index (χ0n) is 21.5. The van der Waals surface area contributed by atoms with Crippen molar-refractivity contribution >= 4 is 38.5 Å². The molecule has 196 valence electrons. The molecule has 39 heavy (non-hydrogen) atoms. The fourth-order valence-electron chi connectivity index (χ4n) is 3.93. The summed E-state index contributed by atoms with van der Waals surface area (Å²) in [6.07, 6.45) is 6.86. The number of rotatable bonds is 9. The zero-order valence-corrected chi connectivity index (χ0v) is 22.3. The van der Waals surface area contributed by atoms with Crippen LogP contribution in [0, 0.1) is 13.8 Å². The maximum Gasteiger partial charge on any atom is 0.240 e. The fraction of sp³-hybridized carbons (Fsp3) is 0.100. The number of hydrogen-bond acceptors (Lipinski definition) is 7. The van der Waals surface area contributed by atoms with Gasteiger partial charge in [0.2, 0.25) is 10.0 Å². The van der Waals surface area contributed by atoms with Gasteiger partial charge < -0.3 is 10.1 Å². The number of nitrogens with zero attached hydrogens (tertiary/aromatic N) is 3. The molecule has 0 fully saturated rings. The first-order valence-corrected chi connectivity index (χ1v) is 13.8. The standard InChI is InChI=1S/C30H27N5O3S/c1-21-17-24(12-15-29(21)38-25-13-10-22(2)31-19-25)35-30-27-18-23(11-14-28(27)32-20-33-30)7-6-16-34-39(36,37)26-8-4-3-5-9-26/h3-15,17-20,34H,16H2,1-2H3,(H,32,33,35). The molecule has 0 saturated carbocycles. The Balaban J connectivity index is 1.30. The molecule has 0 radical (unpaired) electrons. The minimum absolute atomic E-state index is 0.165. The van der Waals surface area contributed by atoms with Crippen molar-refractivity contribution in [2.24, 2.45) is 0 Å². The fourth-order valence-corrected chi connectivity index (χ4v) is 4.93. The molecular weight excluding hydrogens is 510 g/mol. The van der Waals surface area contributed by atoms with E-state index in [0.29, 0.717) is 11.6 Å². The summed E-state index contributed by atoms with van der Waals surface area (Å²) >= 11 is 0. The number of nitrogens with one attached hydrogen (secondary N) is 2. The zero-order chi connectivity index (χ0) is 27.2. The number of aromatic nitrogens is 3. The molecule has 3 aromatic carbocycles. The summed E-state index contributed by atoms with van der Waals surface area (Å²) < 4.78 is 33.4. The molecule has 0 aliphatic rings. The molecule has 2 N–H and O–H groups in total. The topological polar surface area (TPSA) is 106 Å². The number of hydrogen-bond donors (Lipinski definition) is 2. The molecule has 0 unspecified atom stereocenters. The largest absolute Gasteiger partial charge is 0.455 e. The van der Waals surface area contributed by atoms with Crippen LogP contribution in [0.1, 0.15) is 16.8 Å². The van der Waals surface area contributed by atoms with Crippen LogP contribution in [-0.2, 0) is 10.0 Å². The average Bonchev–Trinajstić information content (AvgIpc) is 2.94. The SMILES string of the molecule is Cc1ccc(Oc2ccc(Nc3ncnc4ccc(C=CCNS(=O)(=O)c5ccccc5)cc34)cc2C)cn1. The predicted molar refractivity (Wildman–Crippen MR) is 154 cm³/mol. The van der Waals surface area contributed by atoms with Crippen LogP contribution in [0.15, 0.2) is 102 Å². The lowest BCUT2D eigenvalue weighted by Crippen LogP contribution is -2.23. The van der Waals surface area contributed by atoms with Crippen LogP contribution in [-0.4, -0.2) is 29.9 Å². The average molecular weight is 538 g/mol. The Hall–Kier alpha value is -4.60. The molecule has 0 amide bonds. The monoisotopic (exact) mass is 537 g/mol. The molecule has 9 heteroatoms. The molecule has 0 bridgehead atoms. The van der Waals surface area contributed by atoms with E-state index in [1.165, 1.54) is 6.33 Å².